The van der Waals surface area contributed by atoms with Crippen molar-refractivity contribution in [2.75, 3.05) is 6.54 Å². The Labute approximate surface area is 115 Å². The number of benzene rings is 1. The first-order valence-electron chi connectivity index (χ1n) is 6.04. The maximum absolute atomic E-state index is 13.7. The van der Waals surface area contributed by atoms with Crippen LogP contribution in [0.15, 0.2) is 18.2 Å². The molecule has 2 amide bonds. The van der Waals surface area contributed by atoms with E-state index in [1.165, 1.54) is 17.0 Å². The Hall–Kier alpha value is -1.62. The molecule has 19 heavy (non-hydrogen) atoms. The Bertz CT molecular complexity index is 501. The van der Waals surface area contributed by atoms with Crippen LogP contribution in [0.1, 0.15) is 18.9 Å². The molecule has 0 aliphatic carbocycles. The minimum atomic E-state index is -0.572. The lowest BCUT2D eigenvalue weighted by Crippen LogP contribution is -2.57. The summed E-state index contributed by atoms with van der Waals surface area (Å²) < 4.78 is 13.7. The van der Waals surface area contributed by atoms with Crippen LogP contribution in [0.2, 0.25) is 5.02 Å². The summed E-state index contributed by atoms with van der Waals surface area (Å²) in [6, 6.07) is 3.78. The number of nitrogens with zero attached hydrogens (tertiary/aromatic N) is 1. The first-order chi connectivity index (χ1) is 9.04. The molecule has 1 atom stereocenters. The molecule has 1 fully saturated rings. The Morgan fingerprint density at radius 1 is 1.47 bits per heavy atom. The molecule has 0 spiro atoms. The summed E-state index contributed by atoms with van der Waals surface area (Å²) in [5.74, 6) is -0.915. The van der Waals surface area contributed by atoms with Gasteiger partial charge in [-0.05, 0) is 18.6 Å². The fourth-order valence-electron chi connectivity index (χ4n) is 2.16. The van der Waals surface area contributed by atoms with Gasteiger partial charge >= 0.3 is 0 Å². The molecular weight excluding hydrogens is 271 g/mol. The molecule has 1 N–H and O–H groups in total. The van der Waals surface area contributed by atoms with Gasteiger partial charge in [0.25, 0.3) is 0 Å². The molecule has 1 aromatic carbocycles. The third-order valence-corrected chi connectivity index (χ3v) is 3.54. The van der Waals surface area contributed by atoms with E-state index >= 15 is 0 Å². The van der Waals surface area contributed by atoms with Crippen LogP contribution >= 0.6 is 11.6 Å². The number of hydrogen-bond acceptors (Lipinski definition) is 2. The summed E-state index contributed by atoms with van der Waals surface area (Å²) in [6.07, 6.45) is 0.476. The second-order valence-electron chi connectivity index (χ2n) is 4.36. The van der Waals surface area contributed by atoms with Gasteiger partial charge in [0.05, 0.1) is 13.1 Å². The second kappa shape index (κ2) is 5.57. The maximum Gasteiger partial charge on any atom is 0.243 e. The molecular formula is C13H14ClFN2O2. The predicted octanol–water partition coefficient (Wildman–Crippen LogP) is 1.72. The highest BCUT2D eigenvalue weighted by molar-refractivity contribution is 6.31. The molecule has 0 radical (unpaired) electrons. The van der Waals surface area contributed by atoms with Crippen molar-refractivity contribution in [3.63, 3.8) is 0 Å². The van der Waals surface area contributed by atoms with E-state index in [0.717, 1.165) is 0 Å². The first kappa shape index (κ1) is 13.8. The molecule has 102 valence electrons. The molecule has 2 rings (SSSR count). The van der Waals surface area contributed by atoms with Gasteiger partial charge in [0, 0.05) is 10.6 Å². The zero-order valence-corrected chi connectivity index (χ0v) is 11.2. The molecule has 1 heterocycles. The lowest BCUT2D eigenvalue weighted by molar-refractivity contribution is -0.146. The van der Waals surface area contributed by atoms with Gasteiger partial charge in [-0.1, -0.05) is 24.6 Å². The number of nitrogens with one attached hydrogen (secondary N) is 1. The molecule has 4 nitrogen and oxygen atoms in total. The fourth-order valence-corrected chi connectivity index (χ4v) is 2.38. The molecule has 1 saturated heterocycles. The SMILES string of the molecule is CCC1C(=O)NCC(=O)N1Cc1c(F)cccc1Cl. The number of rotatable bonds is 3. The van der Waals surface area contributed by atoms with Gasteiger partial charge in [0.2, 0.25) is 11.8 Å². The van der Waals surface area contributed by atoms with Crippen molar-refractivity contribution in [1.82, 2.24) is 10.2 Å². The minimum Gasteiger partial charge on any atom is -0.345 e. The summed E-state index contributed by atoms with van der Waals surface area (Å²) in [7, 11) is 0. The van der Waals surface area contributed by atoms with Gasteiger partial charge in [0.1, 0.15) is 11.9 Å². The van der Waals surface area contributed by atoms with Crippen LogP contribution < -0.4 is 5.32 Å². The van der Waals surface area contributed by atoms with Gasteiger partial charge < -0.3 is 10.2 Å². The van der Waals surface area contributed by atoms with E-state index in [2.05, 4.69) is 5.32 Å². The number of hydrogen-bond donors (Lipinski definition) is 1. The Morgan fingerprint density at radius 2 is 2.21 bits per heavy atom. The third kappa shape index (κ3) is 2.71. The van der Waals surface area contributed by atoms with E-state index in [1.807, 2.05) is 0 Å². The average molecular weight is 285 g/mol. The van der Waals surface area contributed by atoms with Crippen LogP contribution in [0, 0.1) is 5.82 Å². The van der Waals surface area contributed by atoms with E-state index < -0.39 is 11.9 Å². The Kier molecular flexibility index (Phi) is 4.04. The highest BCUT2D eigenvalue weighted by Crippen LogP contribution is 2.23. The highest BCUT2D eigenvalue weighted by atomic mass is 35.5. The van der Waals surface area contributed by atoms with Gasteiger partial charge in [-0.15, -0.1) is 0 Å². The van der Waals surface area contributed by atoms with Crippen LogP contribution in [-0.4, -0.2) is 29.3 Å². The first-order valence-corrected chi connectivity index (χ1v) is 6.42. The van der Waals surface area contributed by atoms with Crippen molar-refractivity contribution in [3.8, 4) is 0 Å². The zero-order valence-electron chi connectivity index (χ0n) is 10.5. The van der Waals surface area contributed by atoms with Crippen molar-refractivity contribution in [2.24, 2.45) is 0 Å². The van der Waals surface area contributed by atoms with Crippen molar-refractivity contribution >= 4 is 23.4 Å². The normalized spacial score (nSPS) is 19.5. The van der Waals surface area contributed by atoms with Gasteiger partial charge in [-0.2, -0.15) is 0 Å². The van der Waals surface area contributed by atoms with Gasteiger partial charge in [-0.3, -0.25) is 9.59 Å². The van der Waals surface area contributed by atoms with Crippen molar-refractivity contribution in [3.05, 3.63) is 34.6 Å². The van der Waals surface area contributed by atoms with Crippen LogP contribution in [0.5, 0.6) is 0 Å². The standard InChI is InChI=1S/C13H14ClFN2O2/c1-2-11-13(19)16-6-12(18)17(11)7-8-9(14)4-3-5-10(8)15/h3-5,11H,2,6-7H2,1H3,(H,16,19). The molecule has 1 aliphatic heterocycles. The molecule has 0 bridgehead atoms. The largest absolute Gasteiger partial charge is 0.345 e. The summed E-state index contributed by atoms with van der Waals surface area (Å²) in [6.45, 7) is 1.76. The average Bonchev–Trinajstić information content (AvgIpc) is 2.38. The quantitative estimate of drug-likeness (QED) is 0.919. The van der Waals surface area contributed by atoms with E-state index in [-0.39, 0.29) is 35.5 Å². The fraction of sp³-hybridized carbons (Fsp3) is 0.385. The molecule has 1 aromatic rings. The van der Waals surface area contributed by atoms with Crippen LogP contribution in [0.3, 0.4) is 0 Å². The lowest BCUT2D eigenvalue weighted by Gasteiger charge is -2.34. The highest BCUT2D eigenvalue weighted by Gasteiger charge is 2.33. The van der Waals surface area contributed by atoms with E-state index in [9.17, 15) is 14.0 Å². The van der Waals surface area contributed by atoms with Gasteiger partial charge in [-0.25, -0.2) is 4.39 Å². The monoisotopic (exact) mass is 284 g/mol. The third-order valence-electron chi connectivity index (χ3n) is 3.19. The maximum atomic E-state index is 13.7. The number of halogens is 2. The van der Waals surface area contributed by atoms with Crippen LogP contribution in [0.4, 0.5) is 4.39 Å². The Morgan fingerprint density at radius 3 is 2.84 bits per heavy atom. The van der Waals surface area contributed by atoms with Gasteiger partial charge in [0.15, 0.2) is 0 Å². The zero-order chi connectivity index (χ0) is 14.0. The van der Waals surface area contributed by atoms with E-state index in [0.29, 0.717) is 6.42 Å². The molecule has 0 saturated carbocycles. The molecule has 0 aromatic heterocycles. The van der Waals surface area contributed by atoms with Crippen LogP contribution in [0.25, 0.3) is 0 Å². The summed E-state index contributed by atoms with van der Waals surface area (Å²) >= 11 is 5.95. The summed E-state index contributed by atoms with van der Waals surface area (Å²) in [5, 5.41) is 2.78. The number of piperazine rings is 1. The van der Waals surface area contributed by atoms with Crippen molar-refractivity contribution in [2.45, 2.75) is 25.9 Å². The summed E-state index contributed by atoms with van der Waals surface area (Å²) in [5.41, 5.74) is 0.241. The van der Waals surface area contributed by atoms with E-state index in [1.54, 1.807) is 13.0 Å². The number of amides is 2. The Balaban J connectivity index is 2.29. The number of carbonyl (C=O) groups excluding carboxylic acids is 2. The van der Waals surface area contributed by atoms with Crippen molar-refractivity contribution < 1.29 is 14.0 Å². The van der Waals surface area contributed by atoms with Crippen LogP contribution in [-0.2, 0) is 16.1 Å². The minimum absolute atomic E-state index is 0.0102. The molecule has 6 heteroatoms. The second-order valence-corrected chi connectivity index (χ2v) is 4.77. The number of carbonyl (C=O) groups is 2. The lowest BCUT2D eigenvalue weighted by atomic mass is 10.1. The smallest absolute Gasteiger partial charge is 0.243 e. The van der Waals surface area contributed by atoms with Crippen molar-refractivity contribution in [1.29, 1.82) is 0 Å². The topological polar surface area (TPSA) is 49.4 Å². The predicted molar refractivity (Wildman–Crippen MR) is 69.0 cm³/mol. The van der Waals surface area contributed by atoms with E-state index in [4.69, 9.17) is 11.6 Å². The molecule has 1 aliphatic rings. The molecule has 1 unspecified atom stereocenters. The summed E-state index contributed by atoms with van der Waals surface area (Å²) in [4.78, 5) is 25.0.